The Bertz CT molecular complexity index is 217. The third-order valence-electron chi connectivity index (χ3n) is 2.26. The summed E-state index contributed by atoms with van der Waals surface area (Å²) in [6.07, 6.45) is -4.64. The molecule has 0 aromatic carbocycles. The molecule has 0 aliphatic carbocycles. The van der Waals surface area contributed by atoms with Crippen LogP contribution >= 0.6 is 0 Å². The maximum atomic E-state index is 11.9. The van der Waals surface area contributed by atoms with Gasteiger partial charge in [-0.3, -0.25) is 4.79 Å². The van der Waals surface area contributed by atoms with Crippen LogP contribution in [-0.4, -0.2) is 41.3 Å². The van der Waals surface area contributed by atoms with Gasteiger partial charge in [-0.25, -0.2) is 0 Å². The highest BCUT2D eigenvalue weighted by Gasteiger charge is 2.36. The molecule has 1 saturated heterocycles. The van der Waals surface area contributed by atoms with Gasteiger partial charge in [0.2, 0.25) is 5.91 Å². The second kappa shape index (κ2) is 4.16. The minimum absolute atomic E-state index is 0.260. The highest BCUT2D eigenvalue weighted by Crippen LogP contribution is 2.24. The Balaban J connectivity index is 2.52. The zero-order chi connectivity index (χ0) is 10.8. The van der Waals surface area contributed by atoms with E-state index in [0.717, 1.165) is 4.90 Å². The summed E-state index contributed by atoms with van der Waals surface area (Å²) >= 11 is 0. The maximum absolute atomic E-state index is 11.9. The summed E-state index contributed by atoms with van der Waals surface area (Å²) in [5, 5.41) is 8.81. The zero-order valence-corrected chi connectivity index (χ0v) is 7.55. The van der Waals surface area contributed by atoms with Gasteiger partial charge in [-0.1, -0.05) is 0 Å². The number of likely N-dealkylation sites (tertiary alicyclic amines) is 1. The summed E-state index contributed by atoms with van der Waals surface area (Å²) in [6, 6.07) is -0.426. The lowest BCUT2D eigenvalue weighted by molar-refractivity contribution is -0.162. The molecule has 1 N–H and O–H groups in total. The predicted octanol–water partition coefficient (Wildman–Crippen LogP) is 0.922. The number of halogens is 3. The third kappa shape index (κ3) is 2.87. The molecule has 0 bridgehead atoms. The average Bonchev–Trinajstić information content (AvgIpc) is 2.47. The number of rotatable bonds is 2. The van der Waals surface area contributed by atoms with E-state index >= 15 is 0 Å². The first-order chi connectivity index (χ1) is 6.44. The molecule has 0 saturated carbocycles. The van der Waals surface area contributed by atoms with Crippen LogP contribution in [0.1, 0.15) is 19.3 Å². The molecule has 0 unspecified atom stereocenters. The number of aliphatic hydroxyl groups is 1. The Morgan fingerprint density at radius 3 is 2.64 bits per heavy atom. The number of nitrogens with zero attached hydrogens (tertiary/aromatic N) is 1. The summed E-state index contributed by atoms with van der Waals surface area (Å²) in [4.78, 5) is 12.2. The topological polar surface area (TPSA) is 40.5 Å². The second-order valence-electron chi connectivity index (χ2n) is 3.36. The molecule has 1 amide bonds. The monoisotopic (exact) mass is 211 g/mol. The lowest BCUT2D eigenvalue weighted by atomic mass is 10.2. The van der Waals surface area contributed by atoms with E-state index in [0.29, 0.717) is 19.4 Å². The molecule has 1 rings (SSSR count). The van der Waals surface area contributed by atoms with Crippen molar-refractivity contribution in [1.82, 2.24) is 4.90 Å². The van der Waals surface area contributed by atoms with Crippen molar-refractivity contribution in [3.8, 4) is 0 Å². The molecule has 1 aliphatic rings. The summed E-state index contributed by atoms with van der Waals surface area (Å²) in [7, 11) is 0. The molecule has 1 heterocycles. The van der Waals surface area contributed by atoms with Crippen LogP contribution in [0.3, 0.4) is 0 Å². The van der Waals surface area contributed by atoms with Gasteiger partial charge < -0.3 is 10.0 Å². The average molecular weight is 211 g/mol. The SMILES string of the molecule is O=C(CC(F)(F)F)N1CCC[C@@H]1CO. The Kier molecular flexibility index (Phi) is 3.36. The van der Waals surface area contributed by atoms with Crippen LogP contribution in [0, 0.1) is 0 Å². The van der Waals surface area contributed by atoms with E-state index < -0.39 is 24.5 Å². The molecule has 0 aromatic rings. The first kappa shape index (κ1) is 11.3. The van der Waals surface area contributed by atoms with Crippen LogP contribution < -0.4 is 0 Å². The summed E-state index contributed by atoms with van der Waals surface area (Å²) < 4.78 is 35.6. The van der Waals surface area contributed by atoms with E-state index in [9.17, 15) is 18.0 Å². The molecule has 1 fully saturated rings. The van der Waals surface area contributed by atoms with Crippen LogP contribution in [0.4, 0.5) is 13.2 Å². The van der Waals surface area contributed by atoms with Crippen molar-refractivity contribution in [2.24, 2.45) is 0 Å². The predicted molar refractivity (Wildman–Crippen MR) is 42.5 cm³/mol. The number of hydrogen-bond donors (Lipinski definition) is 1. The zero-order valence-electron chi connectivity index (χ0n) is 7.55. The van der Waals surface area contributed by atoms with Crippen molar-refractivity contribution < 1.29 is 23.1 Å². The fourth-order valence-electron chi connectivity index (χ4n) is 1.63. The number of carbonyl (C=O) groups is 1. The first-order valence-corrected chi connectivity index (χ1v) is 4.41. The van der Waals surface area contributed by atoms with Gasteiger partial charge in [-0.15, -0.1) is 0 Å². The Labute approximate surface area is 79.5 Å². The van der Waals surface area contributed by atoms with Gasteiger partial charge in [0.25, 0.3) is 0 Å². The molecule has 6 heteroatoms. The minimum atomic E-state index is -4.46. The van der Waals surface area contributed by atoms with Gasteiger partial charge >= 0.3 is 6.18 Å². The van der Waals surface area contributed by atoms with Gasteiger partial charge in [0, 0.05) is 6.54 Å². The van der Waals surface area contributed by atoms with E-state index in [1.165, 1.54) is 0 Å². The van der Waals surface area contributed by atoms with Gasteiger partial charge in [0.05, 0.1) is 12.6 Å². The quantitative estimate of drug-likeness (QED) is 0.737. The Morgan fingerprint density at radius 2 is 2.14 bits per heavy atom. The molecule has 0 aromatic heterocycles. The smallest absolute Gasteiger partial charge is 0.394 e. The largest absolute Gasteiger partial charge is 0.397 e. The van der Waals surface area contributed by atoms with Gasteiger partial charge in [-0.05, 0) is 12.8 Å². The fraction of sp³-hybridized carbons (Fsp3) is 0.875. The van der Waals surface area contributed by atoms with Crippen molar-refractivity contribution >= 4 is 5.91 Å². The molecule has 3 nitrogen and oxygen atoms in total. The van der Waals surface area contributed by atoms with Gasteiger partial charge in [-0.2, -0.15) is 13.2 Å². The molecule has 14 heavy (non-hydrogen) atoms. The summed E-state index contributed by atoms with van der Waals surface area (Å²) in [6.45, 7) is 0.0593. The normalized spacial score (nSPS) is 22.9. The maximum Gasteiger partial charge on any atom is 0.397 e. The van der Waals surface area contributed by atoms with Gasteiger partial charge in [0.15, 0.2) is 0 Å². The number of aliphatic hydroxyl groups excluding tert-OH is 1. The molecular formula is C8H12F3NO2. The number of hydrogen-bond acceptors (Lipinski definition) is 2. The van der Waals surface area contributed by atoms with Crippen molar-refractivity contribution in [3.63, 3.8) is 0 Å². The van der Waals surface area contributed by atoms with E-state index in [2.05, 4.69) is 0 Å². The molecule has 82 valence electrons. The van der Waals surface area contributed by atoms with E-state index in [-0.39, 0.29) is 6.61 Å². The lowest BCUT2D eigenvalue weighted by Crippen LogP contribution is -2.39. The van der Waals surface area contributed by atoms with Gasteiger partial charge in [0.1, 0.15) is 6.42 Å². The standard InChI is InChI=1S/C8H12F3NO2/c9-8(10,11)4-7(14)12-3-1-2-6(12)5-13/h6,13H,1-5H2/t6-/m1/s1. The van der Waals surface area contributed by atoms with Crippen LogP contribution in [0.5, 0.6) is 0 Å². The molecular weight excluding hydrogens is 199 g/mol. The van der Waals surface area contributed by atoms with E-state index in [1.807, 2.05) is 0 Å². The Hall–Kier alpha value is -0.780. The summed E-state index contributed by atoms with van der Waals surface area (Å²) in [5.74, 6) is -0.936. The van der Waals surface area contributed by atoms with Crippen molar-refractivity contribution in [2.75, 3.05) is 13.2 Å². The van der Waals surface area contributed by atoms with Crippen LogP contribution in [-0.2, 0) is 4.79 Å². The van der Waals surface area contributed by atoms with Crippen molar-refractivity contribution in [1.29, 1.82) is 0 Å². The Morgan fingerprint density at radius 1 is 1.50 bits per heavy atom. The third-order valence-corrected chi connectivity index (χ3v) is 2.26. The highest BCUT2D eigenvalue weighted by atomic mass is 19.4. The van der Waals surface area contributed by atoms with Crippen LogP contribution in [0.2, 0.25) is 0 Å². The van der Waals surface area contributed by atoms with Crippen molar-refractivity contribution in [2.45, 2.75) is 31.5 Å². The van der Waals surface area contributed by atoms with Crippen molar-refractivity contribution in [3.05, 3.63) is 0 Å². The fourth-order valence-corrected chi connectivity index (χ4v) is 1.63. The van der Waals surface area contributed by atoms with E-state index in [4.69, 9.17) is 5.11 Å². The number of carbonyl (C=O) groups excluding carboxylic acids is 1. The lowest BCUT2D eigenvalue weighted by Gasteiger charge is -2.23. The molecule has 0 radical (unpaired) electrons. The highest BCUT2D eigenvalue weighted by molar-refractivity contribution is 5.77. The minimum Gasteiger partial charge on any atom is -0.394 e. The van der Waals surface area contributed by atoms with Crippen LogP contribution in [0.25, 0.3) is 0 Å². The first-order valence-electron chi connectivity index (χ1n) is 4.41. The van der Waals surface area contributed by atoms with E-state index in [1.54, 1.807) is 0 Å². The van der Waals surface area contributed by atoms with Crippen LogP contribution in [0.15, 0.2) is 0 Å². The second-order valence-corrected chi connectivity index (χ2v) is 3.36. The molecule has 0 spiro atoms. The molecule has 1 aliphatic heterocycles. The molecule has 1 atom stereocenters. The number of alkyl halides is 3. The summed E-state index contributed by atoms with van der Waals surface area (Å²) in [5.41, 5.74) is 0. The number of amides is 1.